The van der Waals surface area contributed by atoms with Crippen LogP contribution in [0.25, 0.3) is 4.96 Å². The minimum atomic E-state index is -0.437. The molecule has 1 N–H and O–H groups in total. The lowest BCUT2D eigenvalue weighted by Crippen LogP contribution is -2.46. The number of aryl methyl sites for hydroxylation is 1. The molecule has 1 spiro atoms. The summed E-state index contributed by atoms with van der Waals surface area (Å²) in [7, 11) is 0. The maximum absolute atomic E-state index is 10.9. The number of nitrogens with zero attached hydrogens (tertiary/aromatic N) is 4. The summed E-state index contributed by atoms with van der Waals surface area (Å²) in [6.45, 7) is 4.91. The maximum Gasteiger partial charge on any atom is 0.230 e. The van der Waals surface area contributed by atoms with E-state index in [9.17, 15) is 5.11 Å². The second-order valence-corrected chi connectivity index (χ2v) is 7.94. The molecule has 2 aliphatic heterocycles. The monoisotopic (exact) mass is 390 g/mol. The van der Waals surface area contributed by atoms with Crippen molar-refractivity contribution in [1.29, 1.82) is 0 Å². The molecule has 144 valence electrons. The first-order chi connectivity index (χ1) is 13.2. The highest BCUT2D eigenvalue weighted by Crippen LogP contribution is 2.42. The molecule has 5 rings (SSSR count). The van der Waals surface area contributed by atoms with Crippen LogP contribution in [0.5, 0.6) is 5.88 Å². The van der Waals surface area contributed by atoms with E-state index in [1.807, 2.05) is 19.1 Å². The largest absolute Gasteiger partial charge is 0.492 e. The average Bonchev–Trinajstić information content (AvgIpc) is 3.46. The Balaban J connectivity index is 1.49. The van der Waals surface area contributed by atoms with Crippen molar-refractivity contribution in [3.05, 3.63) is 34.9 Å². The molecule has 1 atom stereocenters. The highest BCUT2D eigenvalue weighted by molar-refractivity contribution is 7.17. The van der Waals surface area contributed by atoms with E-state index in [1.165, 1.54) is 15.9 Å². The van der Waals surface area contributed by atoms with E-state index in [4.69, 9.17) is 13.9 Å². The van der Waals surface area contributed by atoms with Crippen LogP contribution in [0.15, 0.2) is 22.8 Å². The van der Waals surface area contributed by atoms with Crippen LogP contribution in [0, 0.1) is 0 Å². The fourth-order valence-electron chi connectivity index (χ4n) is 3.95. The number of likely N-dealkylation sites (tertiary alicyclic amines) is 1. The van der Waals surface area contributed by atoms with Gasteiger partial charge in [0.2, 0.25) is 10.8 Å². The van der Waals surface area contributed by atoms with Gasteiger partial charge in [-0.05, 0) is 12.1 Å². The Hall–Kier alpha value is -1.94. The summed E-state index contributed by atoms with van der Waals surface area (Å²) < 4.78 is 19.0. The summed E-state index contributed by atoms with van der Waals surface area (Å²) in [5.41, 5.74) is 0. The van der Waals surface area contributed by atoms with Gasteiger partial charge in [0.15, 0.2) is 11.6 Å². The number of aromatic nitrogens is 3. The Morgan fingerprint density at radius 2 is 2.07 bits per heavy atom. The Morgan fingerprint density at radius 1 is 1.30 bits per heavy atom. The molecule has 0 saturated carbocycles. The molecule has 9 heteroatoms. The second kappa shape index (κ2) is 6.59. The van der Waals surface area contributed by atoms with Crippen LogP contribution in [-0.2, 0) is 15.9 Å². The van der Waals surface area contributed by atoms with Crippen molar-refractivity contribution in [3.63, 3.8) is 0 Å². The normalized spacial score (nSPS) is 21.4. The lowest BCUT2D eigenvalue weighted by Gasteiger charge is -2.40. The number of aromatic hydroxyl groups is 1. The first-order valence-electron chi connectivity index (χ1n) is 9.32. The number of hydrogen-bond acceptors (Lipinski definition) is 8. The number of piperidine rings is 1. The standard InChI is InChI=1S/C18H22N4O4S/c1-2-13-19-17-22(20-13)16(23)15(27-17)14(12-4-3-9-24-12)21-7-5-18(6-8-21)25-10-11-26-18/h3-4,9,14,23H,2,5-8,10-11H2,1H3/t14-/m0/s1. The van der Waals surface area contributed by atoms with Crippen molar-refractivity contribution < 1.29 is 19.0 Å². The molecule has 8 nitrogen and oxygen atoms in total. The minimum Gasteiger partial charge on any atom is -0.492 e. The van der Waals surface area contributed by atoms with Gasteiger partial charge in [0, 0.05) is 32.4 Å². The maximum atomic E-state index is 10.9. The van der Waals surface area contributed by atoms with Gasteiger partial charge in [-0.3, -0.25) is 4.90 Å². The summed E-state index contributed by atoms with van der Waals surface area (Å²) in [6, 6.07) is 3.64. The molecule has 5 heterocycles. The van der Waals surface area contributed by atoms with Crippen LogP contribution in [0.1, 0.15) is 42.3 Å². The lowest BCUT2D eigenvalue weighted by molar-refractivity contribution is -0.187. The van der Waals surface area contributed by atoms with Crippen molar-refractivity contribution in [3.8, 4) is 5.88 Å². The van der Waals surface area contributed by atoms with Crippen LogP contribution in [0.3, 0.4) is 0 Å². The van der Waals surface area contributed by atoms with Gasteiger partial charge >= 0.3 is 0 Å². The lowest BCUT2D eigenvalue weighted by atomic mass is 10.0. The van der Waals surface area contributed by atoms with Gasteiger partial charge < -0.3 is 19.0 Å². The third-order valence-electron chi connectivity index (χ3n) is 5.36. The van der Waals surface area contributed by atoms with Crippen molar-refractivity contribution in [1.82, 2.24) is 19.5 Å². The van der Waals surface area contributed by atoms with Crippen molar-refractivity contribution in [2.24, 2.45) is 0 Å². The molecule has 2 saturated heterocycles. The minimum absolute atomic E-state index is 0.136. The third kappa shape index (κ3) is 2.85. The smallest absolute Gasteiger partial charge is 0.230 e. The Bertz CT molecular complexity index is 919. The van der Waals surface area contributed by atoms with E-state index in [-0.39, 0.29) is 11.9 Å². The molecule has 0 amide bonds. The summed E-state index contributed by atoms with van der Waals surface area (Å²) in [6.07, 6.45) is 4.00. The summed E-state index contributed by atoms with van der Waals surface area (Å²) in [5, 5.41) is 15.3. The number of rotatable bonds is 4. The van der Waals surface area contributed by atoms with Crippen LogP contribution < -0.4 is 0 Å². The Labute approximate surface area is 160 Å². The number of fused-ring (bicyclic) bond motifs is 1. The van der Waals surface area contributed by atoms with Crippen LogP contribution in [0.2, 0.25) is 0 Å². The van der Waals surface area contributed by atoms with E-state index in [1.54, 1.807) is 6.26 Å². The Kier molecular flexibility index (Phi) is 4.19. The number of thiazole rings is 1. The molecule has 2 fully saturated rings. The van der Waals surface area contributed by atoms with Crippen molar-refractivity contribution in [2.75, 3.05) is 26.3 Å². The molecule has 0 radical (unpaired) electrons. The quantitative estimate of drug-likeness (QED) is 0.733. The molecule has 0 aromatic carbocycles. The van der Waals surface area contributed by atoms with Gasteiger partial charge in [0.05, 0.1) is 24.4 Å². The summed E-state index contributed by atoms with van der Waals surface area (Å²) >= 11 is 1.46. The highest BCUT2D eigenvalue weighted by Gasteiger charge is 2.43. The zero-order valence-electron chi connectivity index (χ0n) is 15.1. The third-order valence-corrected chi connectivity index (χ3v) is 6.43. The molecule has 27 heavy (non-hydrogen) atoms. The van der Waals surface area contributed by atoms with E-state index in [2.05, 4.69) is 15.0 Å². The van der Waals surface area contributed by atoms with Gasteiger partial charge in [-0.25, -0.2) is 4.98 Å². The number of furan rings is 1. The number of ether oxygens (including phenoxy) is 2. The predicted octanol–water partition coefficient (Wildman–Crippen LogP) is 2.58. The van der Waals surface area contributed by atoms with Gasteiger partial charge in [-0.15, -0.1) is 5.10 Å². The van der Waals surface area contributed by atoms with Gasteiger partial charge in [0.25, 0.3) is 0 Å². The first kappa shape index (κ1) is 17.2. The fraction of sp³-hybridized carbons (Fsp3) is 0.556. The van der Waals surface area contributed by atoms with E-state index in [0.717, 1.165) is 48.8 Å². The molecular formula is C18H22N4O4S. The fourth-order valence-corrected chi connectivity index (χ4v) is 5.07. The predicted molar refractivity (Wildman–Crippen MR) is 97.9 cm³/mol. The van der Waals surface area contributed by atoms with E-state index >= 15 is 0 Å². The van der Waals surface area contributed by atoms with Crippen LogP contribution in [-0.4, -0.2) is 56.7 Å². The zero-order chi connectivity index (χ0) is 18.4. The summed E-state index contributed by atoms with van der Waals surface area (Å²) in [5.74, 6) is 1.23. The van der Waals surface area contributed by atoms with Crippen LogP contribution in [0.4, 0.5) is 0 Å². The highest BCUT2D eigenvalue weighted by atomic mass is 32.1. The van der Waals surface area contributed by atoms with Gasteiger partial charge in [-0.2, -0.15) is 4.52 Å². The first-order valence-corrected chi connectivity index (χ1v) is 10.1. The van der Waals surface area contributed by atoms with Crippen molar-refractivity contribution >= 4 is 16.3 Å². The molecule has 0 aliphatic carbocycles. The average molecular weight is 390 g/mol. The van der Waals surface area contributed by atoms with E-state index in [0.29, 0.717) is 18.2 Å². The topological polar surface area (TPSA) is 85.3 Å². The number of hydrogen-bond donors (Lipinski definition) is 1. The summed E-state index contributed by atoms with van der Waals surface area (Å²) in [4.78, 5) is 8.31. The van der Waals surface area contributed by atoms with E-state index < -0.39 is 5.79 Å². The Morgan fingerprint density at radius 3 is 2.70 bits per heavy atom. The molecule has 3 aromatic heterocycles. The second-order valence-electron chi connectivity index (χ2n) is 6.93. The van der Waals surface area contributed by atoms with Gasteiger partial charge in [0.1, 0.15) is 11.8 Å². The molecule has 0 bridgehead atoms. The molecule has 3 aromatic rings. The molecule has 0 unspecified atom stereocenters. The van der Waals surface area contributed by atoms with Crippen molar-refractivity contribution in [2.45, 2.75) is 38.0 Å². The van der Waals surface area contributed by atoms with Gasteiger partial charge in [-0.1, -0.05) is 18.3 Å². The molecule has 2 aliphatic rings. The van der Waals surface area contributed by atoms with Crippen LogP contribution >= 0.6 is 11.3 Å². The zero-order valence-corrected chi connectivity index (χ0v) is 15.9. The molecular weight excluding hydrogens is 368 g/mol. The SMILES string of the molecule is CCc1nc2sc([C@H](c3ccco3)N3CCC4(CC3)OCCO4)c(O)n2n1.